The first-order valence-corrected chi connectivity index (χ1v) is 7.45. The molecule has 1 saturated carbocycles. The van der Waals surface area contributed by atoms with Gasteiger partial charge in [-0.25, -0.2) is 0 Å². The molecule has 3 atom stereocenters. The number of hydrogen-bond donors (Lipinski definition) is 0. The molecular weight excluding hydrogens is 252 g/mol. The molecule has 0 aromatic carbocycles. The van der Waals surface area contributed by atoms with E-state index in [1.807, 2.05) is 0 Å². The molecule has 1 nitrogen and oxygen atoms in total. The Morgan fingerprint density at radius 3 is 2.27 bits per heavy atom. The maximum Gasteiger partial charge on any atom is 0.0580 e. The first kappa shape index (κ1) is 13.5. The third-order valence-electron chi connectivity index (χ3n) is 3.50. The zero-order chi connectivity index (χ0) is 11.3. The lowest BCUT2D eigenvalue weighted by molar-refractivity contribution is -0.0128. The van der Waals surface area contributed by atoms with Crippen LogP contribution in [-0.4, -0.2) is 18.0 Å². The van der Waals surface area contributed by atoms with Gasteiger partial charge in [0.2, 0.25) is 0 Å². The zero-order valence-corrected chi connectivity index (χ0v) is 11.9. The van der Waals surface area contributed by atoms with E-state index in [2.05, 4.69) is 36.7 Å². The second kappa shape index (κ2) is 6.90. The summed E-state index contributed by atoms with van der Waals surface area (Å²) < 4.78 is 6.04. The fraction of sp³-hybridized carbons (Fsp3) is 1.00. The number of hydrogen-bond acceptors (Lipinski definition) is 1. The number of alkyl halides is 1. The minimum Gasteiger partial charge on any atom is -0.378 e. The first-order valence-electron chi connectivity index (χ1n) is 6.33. The number of ether oxygens (including phenoxy) is 1. The van der Waals surface area contributed by atoms with E-state index in [1.165, 1.54) is 25.7 Å². The third kappa shape index (κ3) is 4.86. The van der Waals surface area contributed by atoms with E-state index in [-0.39, 0.29) is 0 Å². The molecule has 0 heterocycles. The summed E-state index contributed by atoms with van der Waals surface area (Å²) in [7, 11) is 0. The van der Waals surface area contributed by atoms with Gasteiger partial charge >= 0.3 is 0 Å². The Morgan fingerprint density at radius 2 is 1.80 bits per heavy atom. The Labute approximate surface area is 103 Å². The van der Waals surface area contributed by atoms with Crippen LogP contribution >= 0.6 is 15.9 Å². The van der Waals surface area contributed by atoms with Gasteiger partial charge in [-0.2, -0.15) is 0 Å². The molecule has 0 amide bonds. The molecule has 90 valence electrons. The fourth-order valence-corrected chi connectivity index (χ4v) is 3.20. The minimum absolute atomic E-state index is 0.525. The Kier molecular flexibility index (Phi) is 6.21. The highest BCUT2D eigenvalue weighted by molar-refractivity contribution is 9.09. The third-order valence-corrected chi connectivity index (χ3v) is 4.41. The quantitative estimate of drug-likeness (QED) is 0.683. The maximum atomic E-state index is 6.04. The summed E-state index contributed by atoms with van der Waals surface area (Å²) in [5.41, 5.74) is 0. The first-order chi connectivity index (χ1) is 7.15. The topological polar surface area (TPSA) is 9.23 Å². The predicted octanol–water partition coefficient (Wildman–Crippen LogP) is 4.25. The van der Waals surface area contributed by atoms with E-state index in [4.69, 9.17) is 4.74 Å². The average Bonchev–Trinajstić information content (AvgIpc) is 2.18. The predicted molar refractivity (Wildman–Crippen MR) is 69.5 cm³/mol. The standard InChI is InChI=1S/C13H25BrO/c1-4-12(8-14)9-15-13-6-10(2)5-11(3)7-13/h10-13H,4-9H2,1-3H3. The van der Waals surface area contributed by atoms with Crippen molar-refractivity contribution in [2.75, 3.05) is 11.9 Å². The molecule has 1 fully saturated rings. The van der Waals surface area contributed by atoms with Crippen LogP contribution in [0.4, 0.5) is 0 Å². The molecular formula is C13H25BrO. The van der Waals surface area contributed by atoms with Crippen LogP contribution in [0.5, 0.6) is 0 Å². The van der Waals surface area contributed by atoms with Crippen molar-refractivity contribution in [2.24, 2.45) is 17.8 Å². The van der Waals surface area contributed by atoms with Gasteiger partial charge in [0.05, 0.1) is 12.7 Å². The van der Waals surface area contributed by atoms with Gasteiger partial charge < -0.3 is 4.74 Å². The van der Waals surface area contributed by atoms with Crippen molar-refractivity contribution < 1.29 is 4.74 Å². The van der Waals surface area contributed by atoms with Gasteiger partial charge in [0.1, 0.15) is 0 Å². The van der Waals surface area contributed by atoms with Crippen molar-refractivity contribution in [3.8, 4) is 0 Å². The SMILES string of the molecule is CCC(CBr)COC1CC(C)CC(C)C1. The molecule has 1 aliphatic rings. The Balaban J connectivity index is 2.25. The molecule has 0 aliphatic heterocycles. The Bertz CT molecular complexity index is 158. The van der Waals surface area contributed by atoms with Crippen LogP contribution in [0.3, 0.4) is 0 Å². The number of rotatable bonds is 5. The molecule has 0 saturated heterocycles. The van der Waals surface area contributed by atoms with E-state index in [0.717, 1.165) is 23.8 Å². The largest absolute Gasteiger partial charge is 0.378 e. The molecule has 0 aromatic rings. The van der Waals surface area contributed by atoms with Crippen molar-refractivity contribution >= 4 is 15.9 Å². The van der Waals surface area contributed by atoms with Gasteiger partial charge in [-0.15, -0.1) is 0 Å². The monoisotopic (exact) mass is 276 g/mol. The van der Waals surface area contributed by atoms with E-state index in [1.54, 1.807) is 0 Å². The Morgan fingerprint density at radius 1 is 1.20 bits per heavy atom. The van der Waals surface area contributed by atoms with Gasteiger partial charge in [-0.1, -0.05) is 43.1 Å². The fourth-order valence-electron chi connectivity index (χ4n) is 2.55. The minimum atomic E-state index is 0.525. The molecule has 0 radical (unpaired) electrons. The summed E-state index contributed by atoms with van der Waals surface area (Å²) in [6.45, 7) is 7.88. The van der Waals surface area contributed by atoms with Gasteiger partial charge in [-0.05, 0) is 37.0 Å². The Hall–Kier alpha value is 0.440. The summed E-state index contributed by atoms with van der Waals surface area (Å²) in [4.78, 5) is 0. The van der Waals surface area contributed by atoms with E-state index < -0.39 is 0 Å². The van der Waals surface area contributed by atoms with Crippen molar-refractivity contribution in [2.45, 2.75) is 52.6 Å². The molecule has 1 rings (SSSR count). The highest BCUT2D eigenvalue weighted by atomic mass is 79.9. The normalized spacial score (nSPS) is 34.0. The lowest BCUT2D eigenvalue weighted by Crippen LogP contribution is -2.28. The molecule has 0 bridgehead atoms. The summed E-state index contributed by atoms with van der Waals surface area (Å²) in [5, 5.41) is 1.07. The second-order valence-corrected chi connectivity index (χ2v) is 5.95. The van der Waals surface area contributed by atoms with Gasteiger partial charge in [-0.3, -0.25) is 0 Å². The van der Waals surface area contributed by atoms with Crippen LogP contribution in [0.2, 0.25) is 0 Å². The second-order valence-electron chi connectivity index (χ2n) is 5.30. The molecule has 2 heteroatoms. The average molecular weight is 277 g/mol. The van der Waals surface area contributed by atoms with Crippen LogP contribution < -0.4 is 0 Å². The van der Waals surface area contributed by atoms with Crippen LogP contribution in [0.1, 0.15) is 46.5 Å². The van der Waals surface area contributed by atoms with Crippen LogP contribution in [0.25, 0.3) is 0 Å². The van der Waals surface area contributed by atoms with E-state index >= 15 is 0 Å². The lowest BCUT2D eigenvalue weighted by atomic mass is 9.82. The number of halogens is 1. The lowest BCUT2D eigenvalue weighted by Gasteiger charge is -2.32. The van der Waals surface area contributed by atoms with Gasteiger partial charge in [0.25, 0.3) is 0 Å². The summed E-state index contributed by atoms with van der Waals surface area (Å²) in [6, 6.07) is 0. The summed E-state index contributed by atoms with van der Waals surface area (Å²) in [6.07, 6.45) is 5.65. The van der Waals surface area contributed by atoms with Crippen molar-refractivity contribution in [1.82, 2.24) is 0 Å². The molecule has 3 unspecified atom stereocenters. The summed E-state index contributed by atoms with van der Waals surface area (Å²) in [5.74, 6) is 2.39. The highest BCUT2D eigenvalue weighted by Crippen LogP contribution is 2.30. The van der Waals surface area contributed by atoms with Crippen LogP contribution in [0, 0.1) is 17.8 Å². The smallest absolute Gasteiger partial charge is 0.0580 e. The van der Waals surface area contributed by atoms with Gasteiger partial charge in [0.15, 0.2) is 0 Å². The van der Waals surface area contributed by atoms with E-state index in [0.29, 0.717) is 12.0 Å². The highest BCUT2D eigenvalue weighted by Gasteiger charge is 2.24. The molecule has 0 aromatic heterocycles. The molecule has 0 N–H and O–H groups in total. The zero-order valence-electron chi connectivity index (χ0n) is 10.3. The van der Waals surface area contributed by atoms with E-state index in [9.17, 15) is 0 Å². The van der Waals surface area contributed by atoms with Gasteiger partial charge in [0, 0.05) is 5.33 Å². The van der Waals surface area contributed by atoms with Crippen LogP contribution in [-0.2, 0) is 4.74 Å². The van der Waals surface area contributed by atoms with Crippen LogP contribution in [0.15, 0.2) is 0 Å². The summed E-state index contributed by atoms with van der Waals surface area (Å²) >= 11 is 3.54. The van der Waals surface area contributed by atoms with Crippen molar-refractivity contribution in [3.05, 3.63) is 0 Å². The molecule has 15 heavy (non-hydrogen) atoms. The molecule has 1 aliphatic carbocycles. The van der Waals surface area contributed by atoms with Crippen molar-refractivity contribution in [1.29, 1.82) is 0 Å². The van der Waals surface area contributed by atoms with Crippen molar-refractivity contribution in [3.63, 3.8) is 0 Å². The maximum absolute atomic E-state index is 6.04. The molecule has 0 spiro atoms.